The molecule has 0 aromatic rings. The molecule has 0 fully saturated rings. The van der Waals surface area contributed by atoms with Crippen LogP contribution in [0, 0.1) is 5.92 Å². The molecule has 0 aromatic heterocycles. The number of nitrogens with two attached hydrogens (primary N) is 1. The Hall–Kier alpha value is -1.14. The lowest BCUT2D eigenvalue weighted by Gasteiger charge is -2.14. The zero-order chi connectivity index (χ0) is 13.1. The number of hydrogen-bond acceptors (Lipinski definition) is 4. The molecule has 6 nitrogen and oxygen atoms in total. The molecule has 0 aromatic carbocycles. The van der Waals surface area contributed by atoms with Gasteiger partial charge in [-0.2, -0.15) is 0 Å². The van der Waals surface area contributed by atoms with Gasteiger partial charge >= 0.3 is 5.97 Å². The largest absolute Gasteiger partial charge is 0.480 e. The molecule has 0 heterocycles. The van der Waals surface area contributed by atoms with E-state index in [-0.39, 0.29) is 18.4 Å². The van der Waals surface area contributed by atoms with Gasteiger partial charge in [-0.15, -0.1) is 0 Å². The second-order valence-electron chi connectivity index (χ2n) is 3.73. The van der Waals surface area contributed by atoms with Crippen LogP contribution in [0.4, 0.5) is 0 Å². The van der Waals surface area contributed by atoms with Gasteiger partial charge < -0.3 is 21.3 Å². The van der Waals surface area contributed by atoms with Gasteiger partial charge in [0.25, 0.3) is 0 Å². The molecule has 0 aliphatic carbocycles. The van der Waals surface area contributed by atoms with Gasteiger partial charge in [-0.05, 0) is 12.3 Å². The Labute approximate surface area is 95.8 Å². The highest BCUT2D eigenvalue weighted by Gasteiger charge is 2.18. The Bertz CT molecular complexity index is 205. The Balaban J connectivity index is 0. The number of rotatable bonds is 5. The number of carbonyl (C=O) groups excluding carboxylic acids is 1. The summed E-state index contributed by atoms with van der Waals surface area (Å²) in [6, 6.07) is -0.748. The van der Waals surface area contributed by atoms with Crippen LogP contribution in [0.3, 0.4) is 0 Å². The zero-order valence-corrected chi connectivity index (χ0v) is 10.1. The van der Waals surface area contributed by atoms with E-state index in [9.17, 15) is 9.59 Å². The average Bonchev–Trinajstić information content (AvgIpc) is 2.15. The summed E-state index contributed by atoms with van der Waals surface area (Å²) >= 11 is 0. The Morgan fingerprint density at radius 3 is 2.00 bits per heavy atom. The van der Waals surface area contributed by atoms with Crippen LogP contribution in [0.1, 0.15) is 27.2 Å². The smallest absolute Gasteiger partial charge is 0.326 e. The van der Waals surface area contributed by atoms with Crippen LogP contribution in [0.15, 0.2) is 0 Å². The van der Waals surface area contributed by atoms with Crippen LogP contribution in [0.2, 0.25) is 0 Å². The van der Waals surface area contributed by atoms with Crippen molar-refractivity contribution in [1.82, 2.24) is 5.32 Å². The maximum atomic E-state index is 10.6. The highest BCUT2D eigenvalue weighted by atomic mass is 16.4. The number of amides is 1. The van der Waals surface area contributed by atoms with E-state index in [0.717, 1.165) is 0 Å². The van der Waals surface area contributed by atoms with Crippen molar-refractivity contribution in [3.05, 3.63) is 0 Å². The van der Waals surface area contributed by atoms with Crippen LogP contribution in [0.25, 0.3) is 0 Å². The summed E-state index contributed by atoms with van der Waals surface area (Å²) in [5.41, 5.74) is 4.78. The number of aliphatic hydroxyl groups excluding tert-OH is 1. The monoisotopic (exact) mass is 234 g/mol. The average molecular weight is 234 g/mol. The Kier molecular flexibility index (Phi) is 11.2. The van der Waals surface area contributed by atoms with Gasteiger partial charge in [-0.1, -0.05) is 13.8 Å². The number of hydrogen-bond donors (Lipinski definition) is 4. The number of nitrogens with one attached hydrogen (secondary N) is 1. The molecule has 5 N–H and O–H groups in total. The summed E-state index contributed by atoms with van der Waals surface area (Å²) < 4.78 is 0. The number of carbonyl (C=O) groups is 2. The fraction of sp³-hybridized carbons (Fsp3) is 0.800. The van der Waals surface area contributed by atoms with Crippen molar-refractivity contribution in [3.8, 4) is 0 Å². The van der Waals surface area contributed by atoms with Crippen molar-refractivity contribution in [1.29, 1.82) is 0 Å². The van der Waals surface area contributed by atoms with Gasteiger partial charge in [0.05, 0.1) is 6.61 Å². The maximum Gasteiger partial charge on any atom is 0.326 e. The number of carboxylic acids is 1. The third kappa shape index (κ3) is 12.9. The van der Waals surface area contributed by atoms with E-state index in [1.54, 1.807) is 0 Å². The molecule has 0 saturated carbocycles. The molecule has 6 heteroatoms. The van der Waals surface area contributed by atoms with Crippen LogP contribution in [-0.2, 0) is 9.59 Å². The van der Waals surface area contributed by atoms with Crippen molar-refractivity contribution in [2.75, 3.05) is 13.2 Å². The lowest BCUT2D eigenvalue weighted by atomic mass is 10.0. The third-order valence-electron chi connectivity index (χ3n) is 1.51. The van der Waals surface area contributed by atoms with Gasteiger partial charge in [-0.25, -0.2) is 4.79 Å². The second kappa shape index (κ2) is 10.4. The molecule has 1 atom stereocenters. The van der Waals surface area contributed by atoms with E-state index < -0.39 is 12.0 Å². The second-order valence-corrected chi connectivity index (χ2v) is 3.73. The molecule has 0 spiro atoms. The zero-order valence-electron chi connectivity index (χ0n) is 10.1. The van der Waals surface area contributed by atoms with E-state index in [1.165, 1.54) is 6.92 Å². The molecule has 1 amide bonds. The van der Waals surface area contributed by atoms with Gasteiger partial charge in [0, 0.05) is 13.5 Å². The summed E-state index contributed by atoms with van der Waals surface area (Å²) in [7, 11) is 0. The summed E-state index contributed by atoms with van der Waals surface area (Å²) in [6.45, 7) is 5.62. The molecule has 0 bridgehead atoms. The molecule has 0 saturated heterocycles. The summed E-state index contributed by atoms with van der Waals surface area (Å²) in [4.78, 5) is 21.1. The van der Waals surface area contributed by atoms with Crippen molar-refractivity contribution >= 4 is 11.9 Å². The topological polar surface area (TPSA) is 113 Å². The highest BCUT2D eigenvalue weighted by molar-refractivity contribution is 5.81. The van der Waals surface area contributed by atoms with Gasteiger partial charge in [-0.3, -0.25) is 4.79 Å². The van der Waals surface area contributed by atoms with Crippen molar-refractivity contribution < 1.29 is 19.8 Å². The van der Waals surface area contributed by atoms with Gasteiger partial charge in [0.1, 0.15) is 6.04 Å². The molecule has 0 rings (SSSR count). The first-order valence-electron chi connectivity index (χ1n) is 5.15. The predicted octanol–water partition coefficient (Wildman–Crippen LogP) is -0.441. The quantitative estimate of drug-likeness (QED) is 0.515. The minimum absolute atomic E-state index is 0.0972. The fourth-order valence-electron chi connectivity index (χ4n) is 0.938. The van der Waals surface area contributed by atoms with Crippen LogP contribution < -0.4 is 11.1 Å². The SMILES string of the molecule is CC(=O)NC(CC(C)C)C(=O)O.NCCO. The molecular weight excluding hydrogens is 212 g/mol. The van der Waals surface area contributed by atoms with E-state index in [1.807, 2.05) is 13.8 Å². The van der Waals surface area contributed by atoms with E-state index in [0.29, 0.717) is 13.0 Å². The summed E-state index contributed by atoms with van der Waals surface area (Å²) in [5.74, 6) is -1.01. The third-order valence-corrected chi connectivity index (χ3v) is 1.51. The van der Waals surface area contributed by atoms with Crippen LogP contribution >= 0.6 is 0 Å². The molecule has 1 unspecified atom stereocenters. The van der Waals surface area contributed by atoms with Gasteiger partial charge in [0.2, 0.25) is 5.91 Å². The number of aliphatic carboxylic acids is 1. The first kappa shape index (κ1) is 17.3. The molecule has 0 aliphatic heterocycles. The molecule has 16 heavy (non-hydrogen) atoms. The van der Waals surface area contributed by atoms with Crippen molar-refractivity contribution in [2.45, 2.75) is 33.2 Å². The predicted molar refractivity (Wildman–Crippen MR) is 60.8 cm³/mol. The maximum absolute atomic E-state index is 10.6. The first-order chi connectivity index (χ1) is 7.34. The first-order valence-corrected chi connectivity index (χ1v) is 5.15. The standard InChI is InChI=1S/C8H15NO3.C2H7NO/c1-5(2)4-7(8(11)12)9-6(3)10;3-1-2-4/h5,7H,4H2,1-3H3,(H,9,10)(H,11,12);4H,1-3H2. The van der Waals surface area contributed by atoms with Crippen LogP contribution in [-0.4, -0.2) is 41.3 Å². The minimum atomic E-state index is -0.973. The van der Waals surface area contributed by atoms with Crippen LogP contribution in [0.5, 0.6) is 0 Å². The lowest BCUT2D eigenvalue weighted by molar-refractivity contribution is -0.142. The Morgan fingerprint density at radius 1 is 1.38 bits per heavy atom. The minimum Gasteiger partial charge on any atom is -0.480 e. The Morgan fingerprint density at radius 2 is 1.81 bits per heavy atom. The van der Waals surface area contributed by atoms with E-state index >= 15 is 0 Å². The van der Waals surface area contributed by atoms with E-state index in [2.05, 4.69) is 5.32 Å². The molecule has 0 aliphatic rings. The molecular formula is C10H22N2O4. The lowest BCUT2D eigenvalue weighted by Crippen LogP contribution is -2.40. The highest BCUT2D eigenvalue weighted by Crippen LogP contribution is 2.04. The summed E-state index contributed by atoms with van der Waals surface area (Å²) in [6.07, 6.45) is 0.467. The molecule has 0 radical (unpaired) electrons. The fourth-order valence-corrected chi connectivity index (χ4v) is 0.938. The molecule has 96 valence electrons. The van der Waals surface area contributed by atoms with Crippen molar-refractivity contribution in [2.24, 2.45) is 11.7 Å². The number of carboxylic acid groups (broad SMARTS) is 1. The van der Waals surface area contributed by atoms with Gasteiger partial charge in [0.15, 0.2) is 0 Å². The summed E-state index contributed by atoms with van der Waals surface area (Å²) in [5, 5.41) is 18.8. The van der Waals surface area contributed by atoms with Crippen molar-refractivity contribution in [3.63, 3.8) is 0 Å². The normalized spacial score (nSPS) is 11.4. The van der Waals surface area contributed by atoms with E-state index in [4.69, 9.17) is 15.9 Å². The number of aliphatic hydroxyl groups is 1.